The molecule has 0 atom stereocenters. The van der Waals surface area contributed by atoms with E-state index in [1.54, 1.807) is 0 Å². The number of carbonyl (C=O) groups excluding carboxylic acids is 3. The van der Waals surface area contributed by atoms with Gasteiger partial charge in [0.1, 0.15) is 11.6 Å². The van der Waals surface area contributed by atoms with E-state index in [-0.39, 0.29) is 36.9 Å². The van der Waals surface area contributed by atoms with Crippen LogP contribution in [0, 0.1) is 11.8 Å². The maximum atomic E-state index is 12.2. The van der Waals surface area contributed by atoms with Crippen LogP contribution in [0.25, 0.3) is 0 Å². The Balaban J connectivity index is 0.000000271. The molecule has 6 rings (SSSR count). The van der Waals surface area contributed by atoms with E-state index in [4.69, 9.17) is 19.8 Å². The van der Waals surface area contributed by atoms with E-state index in [0.717, 1.165) is 88.9 Å². The van der Waals surface area contributed by atoms with Crippen molar-refractivity contribution in [3.05, 3.63) is 58.2 Å². The van der Waals surface area contributed by atoms with E-state index in [2.05, 4.69) is 24.3 Å². The number of fused-ring (bicyclic) bond motifs is 2. The maximum absolute atomic E-state index is 12.2. The Kier molecular flexibility index (Phi) is 18.7. The predicted octanol–water partition coefficient (Wildman–Crippen LogP) is 1.82. The number of rotatable bonds is 17. The molecule has 2 saturated heterocycles. The zero-order valence-electron chi connectivity index (χ0n) is 31.5. The van der Waals surface area contributed by atoms with Gasteiger partial charge in [-0.1, -0.05) is 12.1 Å². The minimum absolute atomic E-state index is 0. The number of hydrogen-bond donors (Lipinski definition) is 1. The quantitative estimate of drug-likeness (QED) is 0.188. The molecule has 2 fully saturated rings. The summed E-state index contributed by atoms with van der Waals surface area (Å²) in [7, 11) is 0. The summed E-state index contributed by atoms with van der Waals surface area (Å²) in [6, 6.07) is 8.69. The number of aryl methyl sites for hydroxylation is 6. The molecule has 0 unspecified atom stereocenters. The van der Waals surface area contributed by atoms with Crippen LogP contribution in [-0.4, -0.2) is 99.7 Å². The fraction of sp³-hybridized carbons (Fsp3) is 0.650. The molecular formula is C40H57LiN4O7. The molecular weight excluding hydrogens is 655 g/mol. The molecule has 2 N–H and O–H groups in total. The minimum Gasteiger partial charge on any atom is -0.870 e. The zero-order valence-corrected chi connectivity index (χ0v) is 31.5. The fourth-order valence-electron chi connectivity index (χ4n) is 7.77. The smallest absolute Gasteiger partial charge is 0.870 e. The van der Waals surface area contributed by atoms with Crippen molar-refractivity contribution < 1.29 is 53.4 Å². The molecule has 52 heavy (non-hydrogen) atoms. The number of aromatic nitrogens is 2. The SMILES string of the molecule is CCOC(=O)CN1CC(CC(=O)CCCc2ccc3c(n2)CCCC3)C1.O=C(O)CN1CC(CC(=O)CCCc2ccc3c(n2)CCCC3)C1.[Li+].[OH-]. The van der Waals surface area contributed by atoms with Gasteiger partial charge in [-0.25, -0.2) is 0 Å². The average Bonchev–Trinajstić information content (AvgIpc) is 3.06. The van der Waals surface area contributed by atoms with E-state index in [1.165, 1.54) is 48.2 Å². The summed E-state index contributed by atoms with van der Waals surface area (Å²) in [6.07, 6.45) is 15.5. The molecule has 2 aliphatic heterocycles. The van der Waals surface area contributed by atoms with Crippen LogP contribution >= 0.6 is 0 Å². The maximum Gasteiger partial charge on any atom is 1.00 e. The van der Waals surface area contributed by atoms with Gasteiger partial charge in [0.25, 0.3) is 0 Å². The van der Waals surface area contributed by atoms with Crippen molar-refractivity contribution in [2.75, 3.05) is 45.9 Å². The van der Waals surface area contributed by atoms with Crippen LogP contribution < -0.4 is 18.9 Å². The molecule has 0 spiro atoms. The summed E-state index contributed by atoms with van der Waals surface area (Å²) in [5, 5.41) is 8.70. The Labute approximate surface area is 321 Å². The zero-order chi connectivity index (χ0) is 35.3. The number of aliphatic carboxylic acids is 1. The summed E-state index contributed by atoms with van der Waals surface area (Å²) in [4.78, 5) is 59.7. The summed E-state index contributed by atoms with van der Waals surface area (Å²) in [6.45, 7) is 5.82. The summed E-state index contributed by atoms with van der Waals surface area (Å²) in [5.74, 6) is 0.418. The van der Waals surface area contributed by atoms with Gasteiger partial charge in [0.05, 0.1) is 19.7 Å². The van der Waals surface area contributed by atoms with Crippen LogP contribution in [0.15, 0.2) is 24.3 Å². The third-order valence-corrected chi connectivity index (χ3v) is 10.4. The molecule has 0 saturated carbocycles. The van der Waals surface area contributed by atoms with Crippen molar-refractivity contribution in [3.63, 3.8) is 0 Å². The molecule has 4 heterocycles. The van der Waals surface area contributed by atoms with Crippen molar-refractivity contribution in [1.82, 2.24) is 19.8 Å². The molecule has 4 aliphatic rings. The van der Waals surface area contributed by atoms with Crippen LogP contribution in [-0.2, 0) is 62.4 Å². The van der Waals surface area contributed by atoms with Gasteiger partial charge in [0.15, 0.2) is 0 Å². The normalized spacial score (nSPS) is 17.0. The molecule has 280 valence electrons. The first-order chi connectivity index (χ1) is 24.2. The Bertz CT molecular complexity index is 1480. The molecule has 2 aromatic heterocycles. The van der Waals surface area contributed by atoms with Gasteiger partial charge in [-0.3, -0.25) is 38.9 Å². The number of carboxylic acid groups (broad SMARTS) is 1. The van der Waals surface area contributed by atoms with Crippen LogP contribution in [0.1, 0.15) is 105 Å². The van der Waals surface area contributed by atoms with Crippen molar-refractivity contribution in [3.8, 4) is 0 Å². The van der Waals surface area contributed by atoms with Crippen LogP contribution in [0.4, 0.5) is 0 Å². The predicted molar refractivity (Wildman–Crippen MR) is 193 cm³/mol. The number of esters is 1. The molecule has 0 bridgehead atoms. The molecule has 2 aliphatic carbocycles. The summed E-state index contributed by atoms with van der Waals surface area (Å²) >= 11 is 0. The van der Waals surface area contributed by atoms with E-state index in [0.29, 0.717) is 62.2 Å². The van der Waals surface area contributed by atoms with E-state index in [9.17, 15) is 19.2 Å². The first kappa shape index (κ1) is 43.5. The Hall–Kier alpha value is -2.94. The third kappa shape index (κ3) is 14.1. The van der Waals surface area contributed by atoms with Crippen molar-refractivity contribution in [2.24, 2.45) is 11.8 Å². The number of Topliss-reactive ketones (excluding diaryl/α,β-unsaturated/α-hetero) is 2. The largest absolute Gasteiger partial charge is 1.00 e. The monoisotopic (exact) mass is 712 g/mol. The second-order valence-electron chi connectivity index (χ2n) is 14.7. The number of carboxylic acids is 1. The van der Waals surface area contributed by atoms with Gasteiger partial charge in [0.2, 0.25) is 0 Å². The summed E-state index contributed by atoms with van der Waals surface area (Å²) < 4.78 is 4.94. The number of ether oxygens (including phenoxy) is 1. The van der Waals surface area contributed by atoms with Gasteiger partial charge < -0.3 is 15.3 Å². The van der Waals surface area contributed by atoms with Gasteiger partial charge >= 0.3 is 30.8 Å². The second kappa shape index (κ2) is 22.3. The van der Waals surface area contributed by atoms with Crippen molar-refractivity contribution in [2.45, 2.75) is 110 Å². The van der Waals surface area contributed by atoms with Crippen molar-refractivity contribution >= 4 is 23.5 Å². The number of pyridine rings is 2. The number of likely N-dealkylation sites (tertiary alicyclic amines) is 2. The average molecular weight is 713 g/mol. The molecule has 0 radical (unpaired) electrons. The van der Waals surface area contributed by atoms with Gasteiger partial charge in [-0.15, -0.1) is 0 Å². The summed E-state index contributed by atoms with van der Waals surface area (Å²) in [5.41, 5.74) is 7.59. The fourth-order valence-corrected chi connectivity index (χ4v) is 7.77. The van der Waals surface area contributed by atoms with E-state index in [1.807, 2.05) is 16.7 Å². The first-order valence-corrected chi connectivity index (χ1v) is 19.0. The Morgan fingerprint density at radius 3 is 1.60 bits per heavy atom. The third-order valence-electron chi connectivity index (χ3n) is 10.4. The van der Waals surface area contributed by atoms with Gasteiger partial charge in [-0.2, -0.15) is 0 Å². The van der Waals surface area contributed by atoms with Gasteiger partial charge in [-0.05, 0) is 119 Å². The van der Waals surface area contributed by atoms with Crippen LogP contribution in [0.3, 0.4) is 0 Å². The minimum atomic E-state index is -0.794. The van der Waals surface area contributed by atoms with E-state index < -0.39 is 5.97 Å². The second-order valence-corrected chi connectivity index (χ2v) is 14.7. The number of hydrogen-bond acceptors (Lipinski definition) is 10. The number of carbonyl (C=O) groups is 4. The number of nitrogens with zero attached hydrogens (tertiary/aromatic N) is 4. The van der Waals surface area contributed by atoms with Crippen molar-refractivity contribution in [1.29, 1.82) is 0 Å². The van der Waals surface area contributed by atoms with Gasteiger partial charge in [0, 0.05) is 74.6 Å². The molecule has 0 aromatic carbocycles. The topological polar surface area (TPSA) is 160 Å². The first-order valence-electron chi connectivity index (χ1n) is 19.0. The van der Waals surface area contributed by atoms with Crippen LogP contribution in [0.5, 0.6) is 0 Å². The number of ketones is 2. The molecule has 11 nitrogen and oxygen atoms in total. The van der Waals surface area contributed by atoms with Crippen LogP contribution in [0.2, 0.25) is 0 Å². The molecule has 2 aromatic rings. The molecule has 0 amide bonds. The van der Waals surface area contributed by atoms with E-state index >= 15 is 0 Å². The Morgan fingerprint density at radius 2 is 1.15 bits per heavy atom. The Morgan fingerprint density at radius 1 is 0.712 bits per heavy atom. The standard InChI is InChI=1S/C21H30N2O3.C19H26N2O3.Li.H2O/c1-2-26-21(25)15-23-13-16(14-23)12-19(24)8-5-7-18-11-10-17-6-3-4-9-20(17)22-18;22-17(10-14-11-21(12-14)13-19(23)24)6-3-5-16-9-8-15-4-1-2-7-18(15)20-16;;/h10-11,16H,2-9,12-15H2,1H3;8-9,14H,1-7,10-13H2,(H,23,24);;1H2/q;;+1;/p-1. The molecule has 12 heteroatoms.